The van der Waals surface area contributed by atoms with Gasteiger partial charge in [-0.2, -0.15) is 0 Å². The van der Waals surface area contributed by atoms with E-state index in [1.165, 1.54) is 6.07 Å². The number of non-ortho nitro benzene ring substituents is 1. The van der Waals surface area contributed by atoms with Gasteiger partial charge < -0.3 is 5.11 Å². The Balaban J connectivity index is 2.30. The number of benzene rings is 1. The largest absolute Gasteiger partial charge is 0.387 e. The summed E-state index contributed by atoms with van der Waals surface area (Å²) in [4.78, 5) is 14.9. The van der Waals surface area contributed by atoms with Crippen LogP contribution in [0.2, 0.25) is 0 Å². The minimum atomic E-state index is -0.512. The van der Waals surface area contributed by atoms with Crippen molar-refractivity contribution in [3.05, 3.63) is 45.1 Å². The smallest absolute Gasteiger partial charge is 0.270 e. The molecular weight excluding hydrogens is 244 g/mol. The summed E-state index contributed by atoms with van der Waals surface area (Å²) in [6, 6.07) is 4.68. The van der Waals surface area contributed by atoms with Crippen molar-refractivity contribution >= 4 is 16.6 Å². The summed E-state index contributed by atoms with van der Waals surface area (Å²) in [6.45, 7) is 1.95. The van der Waals surface area contributed by atoms with E-state index >= 15 is 0 Å². The van der Waals surface area contributed by atoms with Gasteiger partial charge in [0.2, 0.25) is 0 Å². The van der Waals surface area contributed by atoms with E-state index in [4.69, 9.17) is 0 Å². The van der Waals surface area contributed by atoms with Gasteiger partial charge in [-0.3, -0.25) is 10.1 Å². The molecule has 2 aromatic rings. The van der Waals surface area contributed by atoms with Gasteiger partial charge in [0.05, 0.1) is 22.2 Å². The van der Waals surface area contributed by atoms with Crippen LogP contribution < -0.4 is 0 Å². The van der Waals surface area contributed by atoms with E-state index in [1.807, 2.05) is 6.92 Å². The second kappa shape index (κ2) is 4.28. The van der Waals surface area contributed by atoms with Gasteiger partial charge in [-0.15, -0.1) is 0 Å². The minimum Gasteiger partial charge on any atom is -0.387 e. The van der Waals surface area contributed by atoms with E-state index in [1.54, 1.807) is 12.1 Å². The second-order valence-corrected chi connectivity index (χ2v) is 4.97. The summed E-state index contributed by atoms with van der Waals surface area (Å²) < 4.78 is 0. The van der Waals surface area contributed by atoms with Gasteiger partial charge in [0.15, 0.2) is 0 Å². The van der Waals surface area contributed by atoms with E-state index in [2.05, 4.69) is 4.98 Å². The van der Waals surface area contributed by atoms with Crippen LogP contribution >= 0.6 is 0 Å². The predicted octanol–water partition coefficient (Wildman–Crippen LogP) is 2.82. The van der Waals surface area contributed by atoms with Gasteiger partial charge in [-0.1, -0.05) is 0 Å². The molecule has 0 bridgehead atoms. The lowest BCUT2D eigenvalue weighted by molar-refractivity contribution is -0.384. The Morgan fingerprint density at radius 2 is 2.26 bits per heavy atom. The molecule has 1 N–H and O–H groups in total. The summed E-state index contributed by atoms with van der Waals surface area (Å²) in [5, 5.41) is 21.7. The zero-order valence-corrected chi connectivity index (χ0v) is 10.6. The van der Waals surface area contributed by atoms with E-state index in [-0.39, 0.29) is 5.69 Å². The molecule has 1 heterocycles. The number of nitrogens with zero attached hydrogens (tertiary/aromatic N) is 2. The first kappa shape index (κ1) is 12.0. The molecule has 0 amide bonds. The lowest BCUT2D eigenvalue weighted by Gasteiger charge is -2.23. The van der Waals surface area contributed by atoms with Crippen molar-refractivity contribution in [3.8, 4) is 0 Å². The molecule has 19 heavy (non-hydrogen) atoms. The number of pyridine rings is 1. The summed E-state index contributed by atoms with van der Waals surface area (Å²) >= 11 is 0. The van der Waals surface area contributed by atoms with E-state index < -0.39 is 11.0 Å². The molecule has 1 unspecified atom stereocenters. The maximum absolute atomic E-state index is 10.8. The third-order valence-corrected chi connectivity index (χ3v) is 3.82. The zero-order valence-electron chi connectivity index (χ0n) is 10.6. The second-order valence-electron chi connectivity index (χ2n) is 4.97. The van der Waals surface area contributed by atoms with Gasteiger partial charge in [0, 0.05) is 17.5 Å². The molecule has 5 heteroatoms. The van der Waals surface area contributed by atoms with Crippen molar-refractivity contribution in [2.45, 2.75) is 32.3 Å². The Morgan fingerprint density at radius 3 is 3.00 bits per heavy atom. The number of aryl methyl sites for hydroxylation is 1. The molecule has 98 valence electrons. The first-order valence-electron chi connectivity index (χ1n) is 6.33. The van der Waals surface area contributed by atoms with Crippen LogP contribution in [-0.2, 0) is 6.42 Å². The van der Waals surface area contributed by atoms with Gasteiger partial charge in [-0.05, 0) is 43.4 Å². The first-order chi connectivity index (χ1) is 9.08. The zero-order chi connectivity index (χ0) is 13.6. The Kier molecular flexibility index (Phi) is 2.71. The molecule has 0 saturated carbocycles. The number of aromatic nitrogens is 1. The summed E-state index contributed by atoms with van der Waals surface area (Å²) in [7, 11) is 0. The lowest BCUT2D eigenvalue weighted by atomic mass is 9.89. The minimum absolute atomic E-state index is 0.0775. The Bertz CT molecular complexity index is 682. The molecule has 0 aliphatic heterocycles. The van der Waals surface area contributed by atoms with Crippen LogP contribution in [-0.4, -0.2) is 15.0 Å². The molecule has 0 saturated heterocycles. The SMILES string of the molecule is Cc1c2c(nc3ccc([N+](=O)[O-])cc13)C(O)CCC2. The fourth-order valence-electron chi connectivity index (χ4n) is 2.79. The fraction of sp³-hybridized carbons (Fsp3) is 0.357. The number of hydrogen-bond acceptors (Lipinski definition) is 4. The highest BCUT2D eigenvalue weighted by atomic mass is 16.6. The maximum Gasteiger partial charge on any atom is 0.270 e. The fourth-order valence-corrected chi connectivity index (χ4v) is 2.79. The van der Waals surface area contributed by atoms with E-state index in [9.17, 15) is 15.2 Å². The Morgan fingerprint density at radius 1 is 1.47 bits per heavy atom. The number of hydrogen-bond donors (Lipinski definition) is 1. The van der Waals surface area contributed by atoms with Crippen LogP contribution in [0.3, 0.4) is 0 Å². The van der Waals surface area contributed by atoms with Crippen molar-refractivity contribution in [1.82, 2.24) is 4.98 Å². The Labute approximate surface area is 110 Å². The van der Waals surface area contributed by atoms with Gasteiger partial charge in [0.25, 0.3) is 5.69 Å². The van der Waals surface area contributed by atoms with Crippen LogP contribution in [0.15, 0.2) is 18.2 Å². The third-order valence-electron chi connectivity index (χ3n) is 3.82. The average molecular weight is 258 g/mol. The van der Waals surface area contributed by atoms with Crippen molar-refractivity contribution in [2.24, 2.45) is 0 Å². The molecule has 1 aromatic carbocycles. The van der Waals surface area contributed by atoms with Crippen molar-refractivity contribution in [1.29, 1.82) is 0 Å². The summed E-state index contributed by atoms with van der Waals surface area (Å²) in [5.74, 6) is 0. The van der Waals surface area contributed by atoms with Crippen LogP contribution in [0.5, 0.6) is 0 Å². The number of nitro groups is 1. The van der Waals surface area contributed by atoms with Gasteiger partial charge in [-0.25, -0.2) is 4.98 Å². The van der Waals surface area contributed by atoms with E-state index in [0.717, 1.165) is 41.5 Å². The average Bonchev–Trinajstić information content (AvgIpc) is 2.40. The quantitative estimate of drug-likeness (QED) is 0.630. The molecule has 3 rings (SSSR count). The lowest BCUT2D eigenvalue weighted by Crippen LogP contribution is -2.13. The number of rotatable bonds is 1. The highest BCUT2D eigenvalue weighted by Crippen LogP contribution is 2.34. The van der Waals surface area contributed by atoms with E-state index in [0.29, 0.717) is 5.52 Å². The molecular formula is C14H14N2O3. The highest BCUT2D eigenvalue weighted by Gasteiger charge is 2.23. The van der Waals surface area contributed by atoms with Crippen molar-refractivity contribution < 1.29 is 10.0 Å². The molecule has 5 nitrogen and oxygen atoms in total. The molecule has 0 fully saturated rings. The topological polar surface area (TPSA) is 76.3 Å². The third kappa shape index (κ3) is 1.86. The predicted molar refractivity (Wildman–Crippen MR) is 71.0 cm³/mol. The molecule has 1 aromatic heterocycles. The molecule has 0 spiro atoms. The van der Waals surface area contributed by atoms with Crippen molar-refractivity contribution in [2.75, 3.05) is 0 Å². The number of nitro benzene ring substituents is 1. The van der Waals surface area contributed by atoms with Gasteiger partial charge >= 0.3 is 0 Å². The molecule has 1 aliphatic rings. The Hall–Kier alpha value is -2.01. The summed E-state index contributed by atoms with van der Waals surface area (Å²) in [6.07, 6.45) is 2.03. The van der Waals surface area contributed by atoms with Crippen LogP contribution in [0.1, 0.15) is 35.8 Å². The standard InChI is InChI=1S/C14H14N2O3/c1-8-10-3-2-4-13(17)14(10)15-12-6-5-9(16(18)19)7-11(8)12/h5-7,13,17H,2-4H2,1H3. The highest BCUT2D eigenvalue weighted by molar-refractivity contribution is 5.85. The molecule has 1 atom stereocenters. The van der Waals surface area contributed by atoms with Crippen molar-refractivity contribution in [3.63, 3.8) is 0 Å². The van der Waals surface area contributed by atoms with Crippen LogP contribution in [0.4, 0.5) is 5.69 Å². The maximum atomic E-state index is 10.8. The summed E-state index contributed by atoms with van der Waals surface area (Å²) in [5.41, 5.74) is 3.58. The van der Waals surface area contributed by atoms with Crippen LogP contribution in [0, 0.1) is 17.0 Å². The molecule has 1 aliphatic carbocycles. The first-order valence-corrected chi connectivity index (χ1v) is 6.33. The number of aliphatic hydroxyl groups is 1. The molecule has 0 radical (unpaired) electrons. The number of aliphatic hydroxyl groups excluding tert-OH is 1. The monoisotopic (exact) mass is 258 g/mol. The van der Waals surface area contributed by atoms with Gasteiger partial charge in [0.1, 0.15) is 0 Å². The van der Waals surface area contributed by atoms with Crippen LogP contribution in [0.25, 0.3) is 10.9 Å². The normalized spacial score (nSPS) is 18.3. The number of fused-ring (bicyclic) bond motifs is 2.